The van der Waals surface area contributed by atoms with Crippen LogP contribution in [-0.4, -0.2) is 22.6 Å². The van der Waals surface area contributed by atoms with E-state index in [9.17, 15) is 0 Å². The Bertz CT molecular complexity index is 683. The molecule has 0 spiro atoms. The molecule has 1 saturated heterocycles. The maximum absolute atomic E-state index is 4.70. The first-order valence-electron chi connectivity index (χ1n) is 9.07. The van der Waals surface area contributed by atoms with Crippen LogP contribution in [0.5, 0.6) is 0 Å². The number of nitrogens with zero attached hydrogens (tertiary/aromatic N) is 3. The molecule has 1 fully saturated rings. The van der Waals surface area contributed by atoms with Crippen LogP contribution < -0.4 is 10.2 Å². The Hall–Kier alpha value is -2.10. The summed E-state index contributed by atoms with van der Waals surface area (Å²) in [5.74, 6) is 2.82. The highest BCUT2D eigenvalue weighted by molar-refractivity contribution is 5.50. The van der Waals surface area contributed by atoms with E-state index in [1.165, 1.54) is 36.8 Å². The van der Waals surface area contributed by atoms with Crippen LogP contribution in [0, 0.1) is 13.8 Å². The van der Waals surface area contributed by atoms with Crippen LogP contribution in [0.4, 0.5) is 11.6 Å². The van der Waals surface area contributed by atoms with Crippen molar-refractivity contribution >= 4 is 11.6 Å². The molecule has 0 bridgehead atoms. The minimum atomic E-state index is 0.609. The van der Waals surface area contributed by atoms with Crippen LogP contribution in [0.25, 0.3) is 0 Å². The van der Waals surface area contributed by atoms with Gasteiger partial charge in [0.2, 0.25) is 0 Å². The number of aromatic nitrogens is 2. The fourth-order valence-electron chi connectivity index (χ4n) is 3.53. The summed E-state index contributed by atoms with van der Waals surface area (Å²) >= 11 is 0. The molecule has 4 heteroatoms. The lowest BCUT2D eigenvalue weighted by atomic mass is 10.00. The third-order valence-corrected chi connectivity index (χ3v) is 4.77. The molecule has 1 aliphatic heterocycles. The van der Waals surface area contributed by atoms with E-state index >= 15 is 0 Å². The van der Waals surface area contributed by atoms with Gasteiger partial charge in [-0.1, -0.05) is 36.8 Å². The third kappa shape index (κ3) is 4.05. The topological polar surface area (TPSA) is 41.0 Å². The van der Waals surface area contributed by atoms with Crippen molar-refractivity contribution in [2.24, 2.45) is 0 Å². The number of hydrogen-bond acceptors (Lipinski definition) is 4. The van der Waals surface area contributed by atoms with E-state index in [0.717, 1.165) is 30.5 Å². The number of rotatable bonds is 5. The van der Waals surface area contributed by atoms with Gasteiger partial charge in [0.25, 0.3) is 0 Å². The van der Waals surface area contributed by atoms with Crippen LogP contribution >= 0.6 is 0 Å². The van der Waals surface area contributed by atoms with E-state index in [0.29, 0.717) is 6.04 Å². The monoisotopic (exact) mass is 324 g/mol. The summed E-state index contributed by atoms with van der Waals surface area (Å²) < 4.78 is 0. The third-order valence-electron chi connectivity index (χ3n) is 4.77. The van der Waals surface area contributed by atoms with Crippen LogP contribution in [-0.2, 0) is 6.54 Å². The summed E-state index contributed by atoms with van der Waals surface area (Å²) in [5, 5.41) is 3.46. The molecular weight excluding hydrogens is 296 g/mol. The molecule has 128 valence electrons. The van der Waals surface area contributed by atoms with Crippen molar-refractivity contribution in [1.29, 1.82) is 0 Å². The fourth-order valence-corrected chi connectivity index (χ4v) is 3.53. The number of anilines is 2. The Kier molecular flexibility index (Phi) is 5.34. The highest BCUT2D eigenvalue weighted by atomic mass is 15.2. The van der Waals surface area contributed by atoms with Crippen LogP contribution in [0.2, 0.25) is 0 Å². The van der Waals surface area contributed by atoms with Gasteiger partial charge in [0.15, 0.2) is 0 Å². The zero-order chi connectivity index (χ0) is 16.9. The average Bonchev–Trinajstić information content (AvgIpc) is 2.59. The summed E-state index contributed by atoms with van der Waals surface area (Å²) in [5.41, 5.74) is 2.56. The summed E-state index contributed by atoms with van der Waals surface area (Å²) in [6.07, 6.45) is 5.03. The smallest absolute Gasteiger partial charge is 0.134 e. The van der Waals surface area contributed by atoms with Crippen LogP contribution in [0.3, 0.4) is 0 Å². The highest BCUT2D eigenvalue weighted by Gasteiger charge is 2.22. The maximum Gasteiger partial charge on any atom is 0.134 e. The highest BCUT2D eigenvalue weighted by Crippen LogP contribution is 2.26. The minimum Gasteiger partial charge on any atom is -0.366 e. The summed E-state index contributed by atoms with van der Waals surface area (Å²) in [4.78, 5) is 11.7. The van der Waals surface area contributed by atoms with Gasteiger partial charge in [0.1, 0.15) is 17.5 Å². The lowest BCUT2D eigenvalue weighted by molar-refractivity contribution is 0.446. The summed E-state index contributed by atoms with van der Waals surface area (Å²) in [6, 6.07) is 11.3. The van der Waals surface area contributed by atoms with Gasteiger partial charge in [0, 0.05) is 25.2 Å². The summed E-state index contributed by atoms with van der Waals surface area (Å²) in [6.45, 7) is 8.26. The van der Waals surface area contributed by atoms with Crippen molar-refractivity contribution < 1.29 is 0 Å². The maximum atomic E-state index is 4.70. The molecule has 4 nitrogen and oxygen atoms in total. The Labute approximate surface area is 145 Å². The lowest BCUT2D eigenvalue weighted by Crippen LogP contribution is -2.39. The van der Waals surface area contributed by atoms with Crippen molar-refractivity contribution in [2.75, 3.05) is 16.8 Å². The molecule has 1 aromatic heterocycles. The minimum absolute atomic E-state index is 0.609. The normalized spacial score (nSPS) is 17.8. The van der Waals surface area contributed by atoms with Gasteiger partial charge in [-0.2, -0.15) is 0 Å². The second-order valence-electron chi connectivity index (χ2n) is 6.75. The molecule has 3 rings (SSSR count). The number of piperidine rings is 1. The summed E-state index contributed by atoms with van der Waals surface area (Å²) in [7, 11) is 0. The standard InChI is InChI=1S/C20H28N4/c1-4-18-10-5-6-11-24(18)20-13-19(22-16(3)23-20)21-14-17-9-7-8-15(2)12-17/h7-9,12-13,18H,4-6,10-11,14H2,1-3H3,(H,21,22,23). The quantitative estimate of drug-likeness (QED) is 0.881. The molecule has 24 heavy (non-hydrogen) atoms. The second kappa shape index (κ2) is 7.65. The molecule has 1 unspecified atom stereocenters. The number of nitrogens with one attached hydrogen (secondary N) is 1. The first kappa shape index (κ1) is 16.7. The zero-order valence-corrected chi connectivity index (χ0v) is 15.0. The molecule has 2 heterocycles. The first-order valence-corrected chi connectivity index (χ1v) is 9.07. The van der Waals surface area contributed by atoms with Crippen molar-refractivity contribution in [1.82, 2.24) is 9.97 Å². The van der Waals surface area contributed by atoms with E-state index in [1.807, 2.05) is 6.92 Å². The number of benzene rings is 1. The van der Waals surface area contributed by atoms with Gasteiger partial charge in [-0.05, 0) is 45.1 Å². The molecule has 1 aliphatic rings. The van der Waals surface area contributed by atoms with Crippen LogP contribution in [0.1, 0.15) is 49.6 Å². The molecule has 0 amide bonds. The molecule has 0 aliphatic carbocycles. The van der Waals surface area contributed by atoms with Crippen molar-refractivity contribution in [3.8, 4) is 0 Å². The predicted molar refractivity (Wildman–Crippen MR) is 101 cm³/mol. The van der Waals surface area contributed by atoms with Gasteiger partial charge in [-0.25, -0.2) is 9.97 Å². The number of hydrogen-bond donors (Lipinski definition) is 1. The SMILES string of the molecule is CCC1CCCCN1c1cc(NCc2cccc(C)c2)nc(C)n1. The first-order chi connectivity index (χ1) is 11.7. The number of aryl methyl sites for hydroxylation is 2. The van der Waals surface area contributed by atoms with Gasteiger partial charge >= 0.3 is 0 Å². The lowest BCUT2D eigenvalue weighted by Gasteiger charge is -2.36. The Morgan fingerprint density at radius 1 is 1.17 bits per heavy atom. The van der Waals surface area contributed by atoms with Gasteiger partial charge in [-0.3, -0.25) is 0 Å². The van der Waals surface area contributed by atoms with Gasteiger partial charge in [-0.15, -0.1) is 0 Å². The Balaban J connectivity index is 1.76. The molecule has 2 aromatic rings. The zero-order valence-electron chi connectivity index (χ0n) is 15.0. The molecule has 1 aromatic carbocycles. The average molecular weight is 324 g/mol. The predicted octanol–water partition coefficient (Wildman–Crippen LogP) is 4.47. The van der Waals surface area contributed by atoms with E-state index in [-0.39, 0.29) is 0 Å². The van der Waals surface area contributed by atoms with E-state index in [4.69, 9.17) is 4.98 Å². The second-order valence-corrected chi connectivity index (χ2v) is 6.75. The van der Waals surface area contributed by atoms with Gasteiger partial charge < -0.3 is 10.2 Å². The van der Waals surface area contributed by atoms with Crippen molar-refractivity contribution in [3.63, 3.8) is 0 Å². The van der Waals surface area contributed by atoms with Crippen LogP contribution in [0.15, 0.2) is 30.3 Å². The van der Waals surface area contributed by atoms with Crippen molar-refractivity contribution in [3.05, 3.63) is 47.3 Å². The molecule has 0 saturated carbocycles. The van der Waals surface area contributed by atoms with Crippen molar-refractivity contribution in [2.45, 2.75) is 59.0 Å². The Morgan fingerprint density at radius 2 is 2.04 bits per heavy atom. The molecule has 1 N–H and O–H groups in total. The van der Waals surface area contributed by atoms with Gasteiger partial charge in [0.05, 0.1) is 0 Å². The fraction of sp³-hybridized carbons (Fsp3) is 0.500. The molecule has 0 radical (unpaired) electrons. The van der Waals surface area contributed by atoms with E-state index < -0.39 is 0 Å². The Morgan fingerprint density at radius 3 is 2.83 bits per heavy atom. The molecule has 1 atom stereocenters. The van der Waals surface area contributed by atoms with E-state index in [1.54, 1.807) is 0 Å². The molecular formula is C20H28N4. The van der Waals surface area contributed by atoms with E-state index in [2.05, 4.69) is 59.4 Å². The largest absolute Gasteiger partial charge is 0.366 e.